The summed E-state index contributed by atoms with van der Waals surface area (Å²) >= 11 is 17.3. The van der Waals surface area contributed by atoms with E-state index in [0.717, 1.165) is 11.3 Å². The van der Waals surface area contributed by atoms with Gasteiger partial charge < -0.3 is 15.3 Å². The highest BCUT2D eigenvalue weighted by atomic mass is 35.6. The van der Waals surface area contributed by atoms with Crippen molar-refractivity contribution in [2.45, 2.75) is 10.7 Å². The lowest BCUT2D eigenvalue weighted by Crippen LogP contribution is -2.25. The third-order valence-electron chi connectivity index (χ3n) is 1.84. The first-order valence-corrected chi connectivity index (χ1v) is 7.70. The second kappa shape index (κ2) is 8.37. The van der Waals surface area contributed by atoms with Gasteiger partial charge in [-0.05, 0) is 6.92 Å². The Morgan fingerprint density at radius 2 is 2.18 bits per heavy atom. The van der Waals surface area contributed by atoms with Crippen LogP contribution in [-0.2, 0) is 14.4 Å². The van der Waals surface area contributed by atoms with Gasteiger partial charge in [0.2, 0.25) is 3.79 Å². The molecule has 22 heavy (non-hydrogen) atoms. The zero-order chi connectivity index (χ0) is 16.8. The number of hydrogen-bond donors (Lipinski definition) is 2. The summed E-state index contributed by atoms with van der Waals surface area (Å²) in [7, 11) is 0. The molecule has 0 spiro atoms. The van der Waals surface area contributed by atoms with Gasteiger partial charge in [-0.3, -0.25) is 10.1 Å². The molecule has 0 aromatic carbocycles. The number of amides is 2. The Labute approximate surface area is 144 Å². The average Bonchev–Trinajstić information content (AvgIpc) is 2.84. The van der Waals surface area contributed by atoms with Crippen molar-refractivity contribution in [1.82, 2.24) is 4.98 Å². The lowest BCUT2D eigenvalue weighted by molar-refractivity contribution is -0.112. The number of alkyl halides is 3. The molecule has 1 aromatic heterocycles. The van der Waals surface area contributed by atoms with E-state index in [1.165, 1.54) is 5.38 Å². The lowest BCUT2D eigenvalue weighted by Gasteiger charge is -2.10. The van der Waals surface area contributed by atoms with Crippen LogP contribution in [0.4, 0.5) is 9.93 Å². The van der Waals surface area contributed by atoms with Gasteiger partial charge >= 0.3 is 6.09 Å². The smallest absolute Gasteiger partial charge is 0.413 e. The van der Waals surface area contributed by atoms with Crippen LogP contribution >= 0.6 is 46.1 Å². The van der Waals surface area contributed by atoms with E-state index in [4.69, 9.17) is 45.4 Å². The molecule has 8 nitrogen and oxygen atoms in total. The average molecular weight is 390 g/mol. The number of nitrogens with zero attached hydrogens (tertiary/aromatic N) is 2. The number of thiazole rings is 1. The van der Waals surface area contributed by atoms with Crippen LogP contribution in [0, 0.1) is 0 Å². The molecule has 12 heteroatoms. The van der Waals surface area contributed by atoms with Crippen molar-refractivity contribution in [3.63, 3.8) is 0 Å². The van der Waals surface area contributed by atoms with Crippen LogP contribution in [-0.4, -0.2) is 39.7 Å². The number of primary amides is 1. The van der Waals surface area contributed by atoms with Crippen LogP contribution in [0.3, 0.4) is 0 Å². The van der Waals surface area contributed by atoms with E-state index < -0.39 is 22.4 Å². The summed E-state index contributed by atoms with van der Waals surface area (Å²) in [5.74, 6) is -0.816. The number of carbonyl (C=O) groups excluding carboxylic acids is 2. The third-order valence-corrected chi connectivity index (χ3v) is 2.93. The maximum absolute atomic E-state index is 11.5. The number of carbonyl (C=O) groups is 2. The maximum atomic E-state index is 11.5. The summed E-state index contributed by atoms with van der Waals surface area (Å²) in [4.78, 5) is 31.5. The molecule has 1 rings (SSSR count). The standard InChI is InChI=1S/C10H11Cl3N4O4S/c1-2-21-17-6(7(14)18)5-3-22-8(15-5)16-9(19)20-4-10(11,12)13/h3H,2,4H2,1H3,(H2,14,18)(H,15,16,19)/b17-6-. The fraction of sp³-hybridized carbons (Fsp3) is 0.400. The number of oxime groups is 1. The first kappa shape index (κ1) is 18.8. The van der Waals surface area contributed by atoms with Gasteiger partial charge in [0.15, 0.2) is 10.8 Å². The molecule has 122 valence electrons. The van der Waals surface area contributed by atoms with Gasteiger partial charge in [-0.15, -0.1) is 11.3 Å². The van der Waals surface area contributed by atoms with Crippen molar-refractivity contribution in [2.75, 3.05) is 18.5 Å². The van der Waals surface area contributed by atoms with Crippen molar-refractivity contribution in [3.8, 4) is 0 Å². The minimum atomic E-state index is -1.71. The number of halogens is 3. The predicted molar refractivity (Wildman–Crippen MR) is 84.7 cm³/mol. The van der Waals surface area contributed by atoms with E-state index in [1.54, 1.807) is 6.92 Å². The lowest BCUT2D eigenvalue weighted by atomic mass is 10.3. The van der Waals surface area contributed by atoms with E-state index in [0.29, 0.717) is 0 Å². The van der Waals surface area contributed by atoms with Gasteiger partial charge in [0.05, 0.1) is 0 Å². The minimum Gasteiger partial charge on any atom is -0.445 e. The molecule has 1 aromatic rings. The number of aromatic nitrogens is 1. The summed E-state index contributed by atoms with van der Waals surface area (Å²) in [5.41, 5.74) is 5.16. The molecule has 0 saturated carbocycles. The molecule has 3 N–H and O–H groups in total. The maximum Gasteiger partial charge on any atom is 0.413 e. The molecule has 0 aliphatic rings. The van der Waals surface area contributed by atoms with Gasteiger partial charge in [0.25, 0.3) is 5.91 Å². The van der Waals surface area contributed by atoms with Crippen molar-refractivity contribution in [2.24, 2.45) is 10.9 Å². The minimum absolute atomic E-state index is 0.148. The Balaban J connectivity index is 2.71. The zero-order valence-corrected chi connectivity index (χ0v) is 14.2. The van der Waals surface area contributed by atoms with Crippen molar-refractivity contribution in [1.29, 1.82) is 0 Å². The highest BCUT2D eigenvalue weighted by Gasteiger charge is 2.23. The quantitative estimate of drug-likeness (QED) is 0.440. The molecule has 0 aliphatic heterocycles. The van der Waals surface area contributed by atoms with Gasteiger partial charge in [-0.2, -0.15) is 0 Å². The van der Waals surface area contributed by atoms with Gasteiger partial charge in [-0.25, -0.2) is 9.78 Å². The number of ether oxygens (including phenoxy) is 1. The van der Waals surface area contributed by atoms with Crippen LogP contribution in [0.5, 0.6) is 0 Å². The Morgan fingerprint density at radius 1 is 1.50 bits per heavy atom. The number of anilines is 1. The summed E-state index contributed by atoms with van der Waals surface area (Å²) in [6.07, 6.45) is -0.866. The van der Waals surface area contributed by atoms with Crippen molar-refractivity contribution >= 4 is 69.0 Å². The van der Waals surface area contributed by atoms with Crippen molar-refractivity contribution in [3.05, 3.63) is 11.1 Å². The molecule has 0 unspecified atom stereocenters. The van der Waals surface area contributed by atoms with Crippen LogP contribution in [0.2, 0.25) is 0 Å². The van der Waals surface area contributed by atoms with Crippen LogP contribution in [0.15, 0.2) is 10.5 Å². The first-order valence-electron chi connectivity index (χ1n) is 5.69. The van der Waals surface area contributed by atoms with E-state index in [1.807, 2.05) is 0 Å². The topological polar surface area (TPSA) is 116 Å². The monoisotopic (exact) mass is 388 g/mol. The molecule has 0 saturated heterocycles. The second-order valence-corrected chi connectivity index (χ2v) is 6.95. The number of nitrogens with two attached hydrogens (primary N) is 1. The van der Waals surface area contributed by atoms with Crippen LogP contribution in [0.25, 0.3) is 0 Å². The molecular formula is C10H11Cl3N4O4S. The Morgan fingerprint density at radius 3 is 2.73 bits per heavy atom. The SMILES string of the molecule is CCO/N=C(\C(N)=O)c1csc(NC(=O)OCC(Cl)(Cl)Cl)n1. The van der Waals surface area contributed by atoms with Crippen molar-refractivity contribution < 1.29 is 19.2 Å². The van der Waals surface area contributed by atoms with Gasteiger partial charge in [0.1, 0.15) is 18.9 Å². The van der Waals surface area contributed by atoms with E-state index in [9.17, 15) is 9.59 Å². The first-order chi connectivity index (χ1) is 10.2. The number of nitrogens with one attached hydrogen (secondary N) is 1. The Bertz CT molecular complexity index is 573. The highest BCUT2D eigenvalue weighted by molar-refractivity contribution is 7.14. The third kappa shape index (κ3) is 6.65. The molecule has 0 radical (unpaired) electrons. The van der Waals surface area contributed by atoms with Crippen LogP contribution in [0.1, 0.15) is 12.6 Å². The molecule has 0 fully saturated rings. The summed E-state index contributed by atoms with van der Waals surface area (Å²) in [6, 6.07) is 0. The molecule has 0 atom stereocenters. The fourth-order valence-corrected chi connectivity index (χ4v) is 1.90. The zero-order valence-electron chi connectivity index (χ0n) is 11.1. The number of hydrogen-bond acceptors (Lipinski definition) is 7. The summed E-state index contributed by atoms with van der Waals surface area (Å²) in [6.45, 7) is 1.52. The normalized spacial score (nSPS) is 11.9. The predicted octanol–water partition coefficient (Wildman–Crippen LogP) is 2.29. The second-order valence-electron chi connectivity index (χ2n) is 3.58. The summed E-state index contributed by atoms with van der Waals surface area (Å²) < 4.78 is 2.95. The molecule has 2 amide bonds. The largest absolute Gasteiger partial charge is 0.445 e. The van der Waals surface area contributed by atoms with E-state index in [-0.39, 0.29) is 23.1 Å². The molecule has 0 aliphatic carbocycles. The van der Waals surface area contributed by atoms with Gasteiger partial charge in [0, 0.05) is 5.38 Å². The molecule has 1 heterocycles. The highest BCUT2D eigenvalue weighted by Crippen LogP contribution is 2.26. The van der Waals surface area contributed by atoms with Crippen LogP contribution < -0.4 is 11.1 Å². The Kier molecular flexibility index (Phi) is 7.14. The Hall–Kier alpha value is -1.29. The number of rotatable bonds is 6. The molecule has 0 bridgehead atoms. The van der Waals surface area contributed by atoms with Gasteiger partial charge in [-0.1, -0.05) is 40.0 Å². The van der Waals surface area contributed by atoms with E-state index in [2.05, 4.69) is 20.2 Å². The van der Waals surface area contributed by atoms with E-state index >= 15 is 0 Å². The summed E-state index contributed by atoms with van der Waals surface area (Å²) in [5, 5.41) is 7.48. The molecular weight excluding hydrogens is 379 g/mol. The fourth-order valence-electron chi connectivity index (χ4n) is 1.06.